The zero-order chi connectivity index (χ0) is 25.1. The molecule has 4 aromatic rings. The van der Waals surface area contributed by atoms with Crippen molar-refractivity contribution < 1.29 is 23.5 Å². The number of pyridine rings is 1. The molecule has 1 amide bonds. The molecule has 36 heavy (non-hydrogen) atoms. The molecule has 5 rings (SSSR count). The molecule has 0 fully saturated rings. The zero-order valence-corrected chi connectivity index (χ0v) is 20.2. The van der Waals surface area contributed by atoms with Crippen molar-refractivity contribution >= 4 is 34.3 Å². The normalized spacial score (nSPS) is 14.9. The molecule has 1 atom stereocenters. The summed E-state index contributed by atoms with van der Waals surface area (Å²) < 4.78 is 17.3. The Morgan fingerprint density at radius 1 is 1.17 bits per heavy atom. The van der Waals surface area contributed by atoms with Crippen LogP contribution in [-0.2, 0) is 28.9 Å². The number of fused-ring (bicyclic) bond motifs is 2. The Bertz CT molecular complexity index is 1390. The first kappa shape index (κ1) is 23.6. The highest BCUT2D eigenvalue weighted by molar-refractivity contribution is 6.14. The van der Waals surface area contributed by atoms with Gasteiger partial charge in [-0.15, -0.1) is 0 Å². The number of carbonyl (C=O) groups excluding carboxylic acids is 2. The van der Waals surface area contributed by atoms with E-state index < -0.39 is 11.9 Å². The number of esters is 1. The quantitative estimate of drug-likeness (QED) is 0.356. The topological polar surface area (TPSA) is 108 Å². The molecule has 1 aliphatic rings. The Morgan fingerprint density at radius 3 is 2.75 bits per heavy atom. The standard InChI is InChI=1S/C27H28N4O5/c1-34-13-11-31-24(27(33)35-2)23(30-26(32)22-8-5-12-36-22)21-15-20(16-28-25(21)31)29-19-10-9-17-6-3-4-7-18(17)14-19/h3-8,12,15-16,19,29H,9-11,13-14H2,1-2H3,(H,30,32). The van der Waals surface area contributed by atoms with E-state index in [9.17, 15) is 9.59 Å². The summed E-state index contributed by atoms with van der Waals surface area (Å²) in [6.45, 7) is 0.704. The summed E-state index contributed by atoms with van der Waals surface area (Å²) >= 11 is 0. The number of nitrogens with one attached hydrogen (secondary N) is 2. The molecule has 9 heteroatoms. The van der Waals surface area contributed by atoms with Gasteiger partial charge < -0.3 is 29.1 Å². The molecule has 1 aliphatic carbocycles. The van der Waals surface area contributed by atoms with Crippen LogP contribution in [0, 0.1) is 0 Å². The number of methoxy groups -OCH3 is 2. The van der Waals surface area contributed by atoms with E-state index in [1.54, 1.807) is 30.0 Å². The van der Waals surface area contributed by atoms with Crippen LogP contribution in [-0.4, -0.2) is 48.3 Å². The third-order valence-corrected chi connectivity index (χ3v) is 6.50. The molecule has 1 unspecified atom stereocenters. The molecule has 1 aromatic carbocycles. The highest BCUT2D eigenvalue weighted by Gasteiger charge is 2.27. The monoisotopic (exact) mass is 488 g/mol. The first-order valence-corrected chi connectivity index (χ1v) is 11.9. The first-order valence-electron chi connectivity index (χ1n) is 11.9. The third kappa shape index (κ3) is 4.57. The van der Waals surface area contributed by atoms with Crippen molar-refractivity contribution in [1.29, 1.82) is 0 Å². The van der Waals surface area contributed by atoms with Crippen molar-refractivity contribution in [2.24, 2.45) is 0 Å². The van der Waals surface area contributed by atoms with Crippen LogP contribution in [0.15, 0.2) is 59.3 Å². The lowest BCUT2D eigenvalue weighted by Crippen LogP contribution is -2.27. The Hall–Kier alpha value is -4.11. The van der Waals surface area contributed by atoms with E-state index in [4.69, 9.17) is 13.9 Å². The number of amides is 1. The molecular weight excluding hydrogens is 460 g/mol. The van der Waals surface area contributed by atoms with Gasteiger partial charge in [-0.25, -0.2) is 9.78 Å². The fourth-order valence-corrected chi connectivity index (χ4v) is 4.78. The predicted molar refractivity (Wildman–Crippen MR) is 135 cm³/mol. The van der Waals surface area contributed by atoms with Gasteiger partial charge in [-0.2, -0.15) is 0 Å². The van der Waals surface area contributed by atoms with Crippen LogP contribution in [0.3, 0.4) is 0 Å². The smallest absolute Gasteiger partial charge is 0.356 e. The first-order chi connectivity index (χ1) is 17.6. The summed E-state index contributed by atoms with van der Waals surface area (Å²) in [6.07, 6.45) is 6.10. The van der Waals surface area contributed by atoms with Gasteiger partial charge in [0.05, 0.1) is 37.6 Å². The van der Waals surface area contributed by atoms with Crippen molar-refractivity contribution in [3.8, 4) is 0 Å². The molecule has 0 radical (unpaired) electrons. The van der Waals surface area contributed by atoms with Crippen LogP contribution in [0.5, 0.6) is 0 Å². The fraction of sp³-hybridized carbons (Fsp3) is 0.296. The highest BCUT2D eigenvalue weighted by atomic mass is 16.5. The Balaban J connectivity index is 1.54. The van der Waals surface area contributed by atoms with Crippen LogP contribution in [0.25, 0.3) is 11.0 Å². The van der Waals surface area contributed by atoms with E-state index in [1.165, 1.54) is 24.5 Å². The number of aryl methyl sites for hydroxylation is 1. The SMILES string of the molecule is COCCn1c(C(=O)OC)c(NC(=O)c2ccco2)c2cc(NC3CCc4ccccc4C3)cnc21. The fourth-order valence-electron chi connectivity index (χ4n) is 4.78. The van der Waals surface area contributed by atoms with Crippen molar-refractivity contribution in [3.05, 3.63) is 77.5 Å². The zero-order valence-electron chi connectivity index (χ0n) is 20.2. The second kappa shape index (κ2) is 10.2. The van der Waals surface area contributed by atoms with Gasteiger partial charge in [0.2, 0.25) is 0 Å². The van der Waals surface area contributed by atoms with Crippen LogP contribution < -0.4 is 10.6 Å². The van der Waals surface area contributed by atoms with Crippen LogP contribution in [0.2, 0.25) is 0 Å². The number of anilines is 2. The summed E-state index contributed by atoms with van der Waals surface area (Å²) in [5.74, 6) is -0.929. The summed E-state index contributed by atoms with van der Waals surface area (Å²) in [5, 5.41) is 7.06. The molecule has 9 nitrogen and oxygen atoms in total. The minimum absolute atomic E-state index is 0.131. The van der Waals surface area contributed by atoms with E-state index in [2.05, 4.69) is 39.9 Å². The number of furan rings is 1. The van der Waals surface area contributed by atoms with E-state index in [0.717, 1.165) is 24.9 Å². The molecule has 3 heterocycles. The van der Waals surface area contributed by atoms with Crippen molar-refractivity contribution in [1.82, 2.24) is 9.55 Å². The third-order valence-electron chi connectivity index (χ3n) is 6.50. The van der Waals surface area contributed by atoms with Gasteiger partial charge >= 0.3 is 5.97 Å². The Kier molecular flexibility index (Phi) is 6.73. The number of carbonyl (C=O) groups is 2. The van der Waals surface area contributed by atoms with Gasteiger partial charge in [0.15, 0.2) is 11.5 Å². The minimum atomic E-state index is -0.586. The lowest BCUT2D eigenvalue weighted by atomic mass is 9.88. The van der Waals surface area contributed by atoms with E-state index in [1.807, 2.05) is 6.07 Å². The van der Waals surface area contributed by atoms with Crippen LogP contribution >= 0.6 is 0 Å². The highest BCUT2D eigenvalue weighted by Crippen LogP contribution is 2.34. The molecule has 0 saturated heterocycles. The average molecular weight is 489 g/mol. The summed E-state index contributed by atoms with van der Waals surface area (Å²) in [4.78, 5) is 30.4. The number of hydrogen-bond acceptors (Lipinski definition) is 7. The number of hydrogen-bond donors (Lipinski definition) is 2. The predicted octanol–water partition coefficient (Wildman–Crippen LogP) is 4.28. The van der Waals surface area contributed by atoms with Gasteiger partial charge in [0, 0.05) is 25.1 Å². The van der Waals surface area contributed by atoms with Crippen LogP contribution in [0.4, 0.5) is 11.4 Å². The summed E-state index contributed by atoms with van der Waals surface area (Å²) in [6, 6.07) is 13.9. The number of nitrogens with zero attached hydrogens (tertiary/aromatic N) is 2. The van der Waals surface area contributed by atoms with E-state index in [-0.39, 0.29) is 17.5 Å². The maximum absolute atomic E-state index is 12.9. The van der Waals surface area contributed by atoms with Gasteiger partial charge in [0.1, 0.15) is 5.65 Å². The van der Waals surface area contributed by atoms with Crippen molar-refractivity contribution in [2.75, 3.05) is 31.5 Å². The Morgan fingerprint density at radius 2 is 2.00 bits per heavy atom. The van der Waals surface area contributed by atoms with Gasteiger partial charge in [0.25, 0.3) is 5.91 Å². The second-order valence-electron chi connectivity index (χ2n) is 8.74. The molecule has 186 valence electrons. The molecule has 2 N–H and O–H groups in total. The van der Waals surface area contributed by atoms with Gasteiger partial charge in [-0.05, 0) is 48.6 Å². The minimum Gasteiger partial charge on any atom is -0.464 e. The number of benzene rings is 1. The summed E-state index contributed by atoms with van der Waals surface area (Å²) in [7, 11) is 2.89. The largest absolute Gasteiger partial charge is 0.464 e. The van der Waals surface area contributed by atoms with E-state index >= 15 is 0 Å². The molecule has 0 spiro atoms. The maximum Gasteiger partial charge on any atom is 0.356 e. The lowest BCUT2D eigenvalue weighted by molar-refractivity contribution is 0.0588. The maximum atomic E-state index is 12.9. The molecular formula is C27H28N4O5. The number of rotatable bonds is 8. The number of ether oxygens (including phenoxy) is 2. The van der Waals surface area contributed by atoms with E-state index in [0.29, 0.717) is 29.9 Å². The number of aromatic nitrogens is 2. The van der Waals surface area contributed by atoms with Crippen molar-refractivity contribution in [3.63, 3.8) is 0 Å². The average Bonchev–Trinajstić information content (AvgIpc) is 3.54. The molecule has 0 saturated carbocycles. The van der Waals surface area contributed by atoms with Crippen molar-refractivity contribution in [2.45, 2.75) is 31.8 Å². The molecule has 0 bridgehead atoms. The van der Waals surface area contributed by atoms with Gasteiger partial charge in [-0.1, -0.05) is 24.3 Å². The lowest BCUT2D eigenvalue weighted by Gasteiger charge is -2.26. The summed E-state index contributed by atoms with van der Waals surface area (Å²) in [5.41, 5.74) is 4.60. The second-order valence-corrected chi connectivity index (χ2v) is 8.74. The molecule has 0 aliphatic heterocycles. The molecule has 3 aromatic heterocycles. The Labute approximate surface area is 208 Å². The van der Waals surface area contributed by atoms with Crippen LogP contribution in [0.1, 0.15) is 38.6 Å². The van der Waals surface area contributed by atoms with Gasteiger partial charge in [-0.3, -0.25) is 4.79 Å².